The van der Waals surface area contributed by atoms with Gasteiger partial charge in [0.05, 0.1) is 16.7 Å². The first-order valence-electron chi connectivity index (χ1n) is 7.18. The first-order chi connectivity index (χ1) is 10.8. The molecule has 3 aromatic carbocycles. The summed E-state index contributed by atoms with van der Waals surface area (Å²) < 4.78 is 0. The molecule has 0 saturated heterocycles. The zero-order valence-corrected chi connectivity index (χ0v) is 12.6. The molecule has 2 nitrogen and oxygen atoms in total. The first kappa shape index (κ1) is 13.2. The van der Waals surface area contributed by atoms with Crippen LogP contribution < -0.4 is 0 Å². The maximum Gasteiger partial charge on any atom is 0.151 e. The van der Waals surface area contributed by atoms with E-state index in [1.165, 1.54) is 16.3 Å². The summed E-state index contributed by atoms with van der Waals surface area (Å²) >= 11 is 6.30. The van der Waals surface area contributed by atoms with Gasteiger partial charge in [0.2, 0.25) is 0 Å². The highest BCUT2D eigenvalue weighted by Gasteiger charge is 2.08. The van der Waals surface area contributed by atoms with Crippen LogP contribution in [0, 0.1) is 0 Å². The van der Waals surface area contributed by atoms with Crippen molar-refractivity contribution in [3.63, 3.8) is 0 Å². The van der Waals surface area contributed by atoms with Crippen molar-refractivity contribution < 1.29 is 0 Å². The van der Waals surface area contributed by atoms with E-state index in [2.05, 4.69) is 46.4 Å². The van der Waals surface area contributed by atoms with Gasteiger partial charge >= 0.3 is 0 Å². The summed E-state index contributed by atoms with van der Waals surface area (Å²) in [5.74, 6) is 0. The summed E-state index contributed by atoms with van der Waals surface area (Å²) in [6.07, 6.45) is 0.682. The van der Waals surface area contributed by atoms with Gasteiger partial charge in [0.1, 0.15) is 0 Å². The maximum atomic E-state index is 6.30. The molecule has 1 heterocycles. The van der Waals surface area contributed by atoms with E-state index in [4.69, 9.17) is 11.6 Å². The van der Waals surface area contributed by atoms with Crippen LogP contribution in [-0.2, 0) is 6.42 Å². The van der Waals surface area contributed by atoms with Crippen molar-refractivity contribution in [2.45, 2.75) is 6.42 Å². The molecule has 22 heavy (non-hydrogen) atoms. The Kier molecular flexibility index (Phi) is 3.24. The molecule has 0 bridgehead atoms. The number of benzene rings is 3. The molecule has 0 N–H and O–H groups in total. The largest absolute Gasteiger partial charge is 0.248 e. The average molecular weight is 305 g/mol. The van der Waals surface area contributed by atoms with Gasteiger partial charge in [0.25, 0.3) is 0 Å². The monoisotopic (exact) mass is 304 g/mol. The minimum absolute atomic E-state index is 0.479. The van der Waals surface area contributed by atoms with Gasteiger partial charge in [0, 0.05) is 6.42 Å². The Labute approximate surface area is 133 Å². The van der Waals surface area contributed by atoms with Gasteiger partial charge in [-0.2, -0.15) is 0 Å². The van der Waals surface area contributed by atoms with Crippen molar-refractivity contribution >= 4 is 33.4 Å². The Bertz CT molecular complexity index is 979. The Morgan fingerprint density at radius 3 is 2.23 bits per heavy atom. The van der Waals surface area contributed by atoms with Crippen molar-refractivity contribution in [2.75, 3.05) is 0 Å². The van der Waals surface area contributed by atoms with Crippen LogP contribution in [0.4, 0.5) is 0 Å². The predicted octanol–water partition coefficient (Wildman–Crippen LogP) is 5.03. The minimum atomic E-state index is 0.479. The van der Waals surface area contributed by atoms with E-state index in [0.717, 1.165) is 16.7 Å². The molecule has 0 amide bonds. The van der Waals surface area contributed by atoms with Gasteiger partial charge in [-0.3, -0.25) is 0 Å². The smallest absolute Gasteiger partial charge is 0.151 e. The number of aromatic nitrogens is 2. The van der Waals surface area contributed by atoms with E-state index in [1.54, 1.807) is 0 Å². The van der Waals surface area contributed by atoms with Gasteiger partial charge in [0.15, 0.2) is 5.15 Å². The summed E-state index contributed by atoms with van der Waals surface area (Å²) in [6, 6.07) is 22.6. The molecule has 3 heteroatoms. The third-order valence-electron chi connectivity index (χ3n) is 3.78. The Hall–Kier alpha value is -2.45. The molecular formula is C19H13ClN2. The molecule has 0 unspecified atom stereocenters. The second-order valence-electron chi connectivity index (χ2n) is 5.31. The van der Waals surface area contributed by atoms with Gasteiger partial charge < -0.3 is 0 Å². The molecule has 0 saturated carbocycles. The first-order valence-corrected chi connectivity index (χ1v) is 7.56. The fourth-order valence-electron chi connectivity index (χ4n) is 2.67. The van der Waals surface area contributed by atoms with Crippen molar-refractivity contribution in [1.29, 1.82) is 0 Å². The zero-order valence-electron chi connectivity index (χ0n) is 11.8. The topological polar surface area (TPSA) is 25.8 Å². The SMILES string of the molecule is Clc1nc2ccccc2nc1Cc1ccc2ccccc2c1. The molecule has 4 aromatic rings. The Morgan fingerprint density at radius 2 is 1.41 bits per heavy atom. The second-order valence-corrected chi connectivity index (χ2v) is 5.67. The molecule has 0 aliphatic carbocycles. The van der Waals surface area contributed by atoms with Gasteiger partial charge in [-0.25, -0.2) is 9.97 Å². The number of hydrogen-bond acceptors (Lipinski definition) is 2. The number of halogens is 1. The van der Waals surface area contributed by atoms with E-state index >= 15 is 0 Å². The molecular weight excluding hydrogens is 292 g/mol. The minimum Gasteiger partial charge on any atom is -0.248 e. The Morgan fingerprint density at radius 1 is 0.727 bits per heavy atom. The second kappa shape index (κ2) is 5.39. The van der Waals surface area contributed by atoms with Crippen LogP contribution >= 0.6 is 11.6 Å². The van der Waals surface area contributed by atoms with Crippen molar-refractivity contribution in [2.24, 2.45) is 0 Å². The van der Waals surface area contributed by atoms with E-state index in [9.17, 15) is 0 Å². The molecule has 0 radical (unpaired) electrons. The fraction of sp³-hybridized carbons (Fsp3) is 0.0526. The van der Waals surface area contributed by atoms with Crippen molar-refractivity contribution in [1.82, 2.24) is 9.97 Å². The van der Waals surface area contributed by atoms with E-state index in [0.29, 0.717) is 11.6 Å². The lowest BCUT2D eigenvalue weighted by Gasteiger charge is -2.06. The molecule has 0 aliphatic heterocycles. The molecule has 0 atom stereocenters. The summed E-state index contributed by atoms with van der Waals surface area (Å²) in [5, 5.41) is 2.94. The fourth-order valence-corrected chi connectivity index (χ4v) is 2.87. The van der Waals surface area contributed by atoms with Crippen LogP contribution in [0.3, 0.4) is 0 Å². The maximum absolute atomic E-state index is 6.30. The van der Waals surface area contributed by atoms with Crippen molar-refractivity contribution in [3.8, 4) is 0 Å². The summed E-state index contributed by atoms with van der Waals surface area (Å²) in [6.45, 7) is 0. The zero-order chi connectivity index (χ0) is 14.9. The molecule has 0 aliphatic rings. The normalized spacial score (nSPS) is 11.1. The average Bonchev–Trinajstić information content (AvgIpc) is 2.55. The highest BCUT2D eigenvalue weighted by molar-refractivity contribution is 6.30. The molecule has 4 rings (SSSR count). The molecule has 0 spiro atoms. The number of hydrogen-bond donors (Lipinski definition) is 0. The lowest BCUT2D eigenvalue weighted by Crippen LogP contribution is -1.97. The summed E-state index contributed by atoms with van der Waals surface area (Å²) in [4.78, 5) is 9.09. The van der Waals surface area contributed by atoms with E-state index in [-0.39, 0.29) is 0 Å². The quantitative estimate of drug-likeness (QED) is 0.519. The van der Waals surface area contributed by atoms with Crippen LogP contribution in [0.5, 0.6) is 0 Å². The van der Waals surface area contributed by atoms with Crippen LogP contribution in [-0.4, -0.2) is 9.97 Å². The molecule has 0 fully saturated rings. The lowest BCUT2D eigenvalue weighted by atomic mass is 10.0. The summed E-state index contributed by atoms with van der Waals surface area (Å²) in [7, 11) is 0. The number of rotatable bonds is 2. The van der Waals surface area contributed by atoms with Gasteiger partial charge in [-0.1, -0.05) is 66.2 Å². The highest BCUT2D eigenvalue weighted by atomic mass is 35.5. The van der Waals surface area contributed by atoms with E-state index < -0.39 is 0 Å². The standard InChI is InChI=1S/C19H13ClN2/c20-19-18(21-16-7-3-4-8-17(16)22-19)12-13-9-10-14-5-1-2-6-15(14)11-13/h1-11H,12H2. The van der Waals surface area contributed by atoms with Gasteiger partial charge in [-0.15, -0.1) is 0 Å². The highest BCUT2D eigenvalue weighted by Crippen LogP contribution is 2.22. The third-order valence-corrected chi connectivity index (χ3v) is 4.08. The Balaban J connectivity index is 1.76. The number of fused-ring (bicyclic) bond motifs is 2. The predicted molar refractivity (Wildman–Crippen MR) is 91.3 cm³/mol. The van der Waals surface area contributed by atoms with Crippen LogP contribution in [0.1, 0.15) is 11.3 Å². The van der Waals surface area contributed by atoms with Crippen LogP contribution in [0.25, 0.3) is 21.8 Å². The summed E-state index contributed by atoms with van der Waals surface area (Å²) in [5.41, 5.74) is 3.71. The number of nitrogens with zero attached hydrogens (tertiary/aromatic N) is 2. The molecule has 106 valence electrons. The van der Waals surface area contributed by atoms with Gasteiger partial charge in [-0.05, 0) is 28.5 Å². The van der Waals surface area contributed by atoms with Crippen LogP contribution in [0.2, 0.25) is 5.15 Å². The third kappa shape index (κ3) is 2.42. The van der Waals surface area contributed by atoms with Crippen molar-refractivity contribution in [3.05, 3.63) is 83.1 Å². The lowest BCUT2D eigenvalue weighted by molar-refractivity contribution is 1.07. The number of para-hydroxylation sites is 2. The van der Waals surface area contributed by atoms with E-state index in [1.807, 2.05) is 30.3 Å². The molecule has 1 aromatic heterocycles. The van der Waals surface area contributed by atoms with Crippen LogP contribution in [0.15, 0.2) is 66.7 Å².